The molecule has 36 heavy (non-hydrogen) atoms. The molecule has 5 N–H and O–H groups in total. The van der Waals surface area contributed by atoms with Crippen molar-refractivity contribution in [2.75, 3.05) is 19.0 Å². The average molecular weight is 530 g/mol. The highest BCUT2D eigenvalue weighted by atomic mass is 35.5. The molecule has 1 aliphatic heterocycles. The molecular formula is C25H44ClN5O5. The van der Waals surface area contributed by atoms with E-state index in [2.05, 4.69) is 16.0 Å². The standard InChI is InChI=1S/C25H44ClN5O5/c1-15(2)13-19(21(33)14-26)29-24(35)20-10-8-12-31(20)25(36)22(16(3)4)30-23(34)18(28-17(5)32)9-6-7-11-27/h15-16,18-20,22H,6-14,27H2,1-5H3,(H,28,32)(H,29,35)(H,30,34). The number of amides is 4. The summed E-state index contributed by atoms with van der Waals surface area (Å²) in [5.41, 5.74) is 5.54. The summed E-state index contributed by atoms with van der Waals surface area (Å²) in [6.45, 7) is 9.72. The monoisotopic (exact) mass is 529 g/mol. The summed E-state index contributed by atoms with van der Waals surface area (Å²) >= 11 is 5.74. The van der Waals surface area contributed by atoms with Crippen molar-refractivity contribution in [2.24, 2.45) is 17.6 Å². The van der Waals surface area contributed by atoms with Gasteiger partial charge in [0.15, 0.2) is 5.78 Å². The van der Waals surface area contributed by atoms with Crippen molar-refractivity contribution in [1.29, 1.82) is 0 Å². The molecule has 206 valence electrons. The number of nitrogens with two attached hydrogens (primary N) is 1. The normalized spacial score (nSPS) is 18.0. The van der Waals surface area contributed by atoms with Crippen molar-refractivity contribution in [1.82, 2.24) is 20.9 Å². The SMILES string of the molecule is CC(=O)NC(CCCCN)C(=O)NC(C(=O)N1CCCC1C(=O)NC(CC(C)C)C(=O)CCl)C(C)C. The second-order valence-electron chi connectivity index (χ2n) is 10.2. The van der Waals surface area contributed by atoms with Crippen LogP contribution in [0.25, 0.3) is 0 Å². The Hall–Kier alpha value is -2.20. The van der Waals surface area contributed by atoms with Crippen molar-refractivity contribution in [3.8, 4) is 0 Å². The Morgan fingerprint density at radius 2 is 1.67 bits per heavy atom. The van der Waals surface area contributed by atoms with Crippen LogP contribution in [0.1, 0.15) is 73.1 Å². The van der Waals surface area contributed by atoms with E-state index in [-0.39, 0.29) is 35.3 Å². The highest BCUT2D eigenvalue weighted by Gasteiger charge is 2.40. The predicted octanol–water partition coefficient (Wildman–Crippen LogP) is 1.09. The maximum atomic E-state index is 13.5. The fraction of sp³-hybridized carbons (Fsp3) is 0.800. The molecule has 1 aliphatic rings. The summed E-state index contributed by atoms with van der Waals surface area (Å²) in [7, 11) is 0. The van der Waals surface area contributed by atoms with Gasteiger partial charge in [-0.1, -0.05) is 27.7 Å². The molecule has 1 heterocycles. The van der Waals surface area contributed by atoms with Crippen LogP contribution in [0.4, 0.5) is 0 Å². The van der Waals surface area contributed by atoms with Crippen LogP contribution in [0, 0.1) is 11.8 Å². The first-order valence-electron chi connectivity index (χ1n) is 12.9. The number of carbonyl (C=O) groups is 5. The fourth-order valence-electron chi connectivity index (χ4n) is 4.36. The molecule has 0 bridgehead atoms. The summed E-state index contributed by atoms with van der Waals surface area (Å²) in [5, 5.41) is 8.24. The van der Waals surface area contributed by atoms with Crippen LogP contribution < -0.4 is 21.7 Å². The number of ketones is 1. The van der Waals surface area contributed by atoms with Gasteiger partial charge in [0, 0.05) is 13.5 Å². The first kappa shape index (κ1) is 31.8. The molecule has 0 aromatic heterocycles. The molecule has 11 heteroatoms. The van der Waals surface area contributed by atoms with E-state index in [1.54, 1.807) is 0 Å². The van der Waals surface area contributed by atoms with Crippen LogP contribution in [0.3, 0.4) is 0 Å². The van der Waals surface area contributed by atoms with Crippen molar-refractivity contribution < 1.29 is 24.0 Å². The maximum Gasteiger partial charge on any atom is 0.246 e. The lowest BCUT2D eigenvalue weighted by molar-refractivity contribution is -0.143. The van der Waals surface area contributed by atoms with Crippen molar-refractivity contribution >= 4 is 41.0 Å². The summed E-state index contributed by atoms with van der Waals surface area (Å²) in [4.78, 5) is 65.0. The Morgan fingerprint density at radius 3 is 2.19 bits per heavy atom. The molecule has 1 fully saturated rings. The van der Waals surface area contributed by atoms with Crippen molar-refractivity contribution in [2.45, 2.75) is 97.3 Å². The highest BCUT2D eigenvalue weighted by Crippen LogP contribution is 2.21. The topological polar surface area (TPSA) is 151 Å². The quantitative estimate of drug-likeness (QED) is 0.184. The molecule has 1 saturated heterocycles. The van der Waals surface area contributed by atoms with Crippen molar-refractivity contribution in [3.63, 3.8) is 0 Å². The second kappa shape index (κ2) is 15.8. The molecule has 0 radical (unpaired) electrons. The Bertz CT molecular complexity index is 776. The molecule has 0 saturated carbocycles. The van der Waals surface area contributed by atoms with Crippen molar-refractivity contribution in [3.05, 3.63) is 0 Å². The van der Waals surface area contributed by atoms with E-state index in [0.29, 0.717) is 51.6 Å². The molecule has 10 nitrogen and oxygen atoms in total. The lowest BCUT2D eigenvalue weighted by Gasteiger charge is -2.32. The Kier molecular flexibility index (Phi) is 14.0. The third-order valence-electron chi connectivity index (χ3n) is 6.25. The molecule has 0 spiro atoms. The summed E-state index contributed by atoms with van der Waals surface area (Å²) in [6, 6.07) is -3.09. The zero-order valence-corrected chi connectivity index (χ0v) is 23.0. The van der Waals surface area contributed by atoms with Gasteiger partial charge in [-0.15, -0.1) is 11.6 Å². The molecule has 0 aromatic carbocycles. The highest BCUT2D eigenvalue weighted by molar-refractivity contribution is 6.28. The number of unbranched alkanes of at least 4 members (excludes halogenated alkanes) is 1. The van der Waals surface area contributed by atoms with Crippen LogP contribution in [0.15, 0.2) is 0 Å². The first-order valence-corrected chi connectivity index (χ1v) is 13.4. The van der Waals surface area contributed by atoms with Crippen LogP contribution in [-0.4, -0.2) is 77.4 Å². The minimum absolute atomic E-state index is 0.172. The molecule has 0 aliphatic carbocycles. The van der Waals surface area contributed by atoms with E-state index < -0.39 is 36.0 Å². The maximum absolute atomic E-state index is 13.5. The zero-order valence-electron chi connectivity index (χ0n) is 22.3. The summed E-state index contributed by atoms with van der Waals surface area (Å²) in [6.07, 6.45) is 3.33. The van der Waals surface area contributed by atoms with E-state index in [9.17, 15) is 24.0 Å². The average Bonchev–Trinajstić information content (AvgIpc) is 3.30. The molecule has 4 unspecified atom stereocenters. The molecule has 0 aromatic rings. The lowest BCUT2D eigenvalue weighted by Crippen LogP contribution is -2.58. The minimum Gasteiger partial charge on any atom is -0.345 e. The summed E-state index contributed by atoms with van der Waals surface area (Å²) in [5.74, 6) is -2.08. The molecule has 1 rings (SSSR count). The van der Waals surface area contributed by atoms with Gasteiger partial charge in [0.05, 0.1) is 11.9 Å². The fourth-order valence-corrected chi connectivity index (χ4v) is 4.55. The van der Waals surface area contributed by atoms with Gasteiger partial charge in [0.25, 0.3) is 0 Å². The van der Waals surface area contributed by atoms with Gasteiger partial charge < -0.3 is 26.6 Å². The van der Waals surface area contributed by atoms with Gasteiger partial charge in [-0.25, -0.2) is 0 Å². The number of likely N-dealkylation sites (tertiary alicyclic amines) is 1. The number of hydrogen-bond donors (Lipinski definition) is 4. The van der Waals surface area contributed by atoms with E-state index in [1.165, 1.54) is 11.8 Å². The Morgan fingerprint density at radius 1 is 1.00 bits per heavy atom. The van der Waals surface area contributed by atoms with Crippen LogP contribution in [-0.2, 0) is 24.0 Å². The van der Waals surface area contributed by atoms with Gasteiger partial charge >= 0.3 is 0 Å². The first-order chi connectivity index (χ1) is 16.9. The van der Waals surface area contributed by atoms with Gasteiger partial charge in [-0.3, -0.25) is 24.0 Å². The minimum atomic E-state index is -0.868. The predicted molar refractivity (Wildman–Crippen MR) is 139 cm³/mol. The zero-order chi connectivity index (χ0) is 27.4. The van der Waals surface area contributed by atoms with Crippen LogP contribution in [0.2, 0.25) is 0 Å². The smallest absolute Gasteiger partial charge is 0.246 e. The largest absolute Gasteiger partial charge is 0.345 e. The van der Waals surface area contributed by atoms with Crippen LogP contribution in [0.5, 0.6) is 0 Å². The van der Waals surface area contributed by atoms with Crippen LogP contribution >= 0.6 is 11.6 Å². The number of rotatable bonds is 15. The van der Waals surface area contributed by atoms with E-state index in [0.717, 1.165) is 0 Å². The van der Waals surface area contributed by atoms with Gasteiger partial charge in [-0.05, 0) is 56.9 Å². The Labute approximate surface area is 219 Å². The Balaban J connectivity index is 2.99. The van der Waals surface area contributed by atoms with Gasteiger partial charge in [0.1, 0.15) is 18.1 Å². The van der Waals surface area contributed by atoms with Gasteiger partial charge in [-0.2, -0.15) is 0 Å². The lowest BCUT2D eigenvalue weighted by atomic mass is 9.99. The number of Topliss-reactive ketones (excluding diaryl/α,β-unsaturated/α-hetero) is 1. The van der Waals surface area contributed by atoms with E-state index in [4.69, 9.17) is 17.3 Å². The molecule has 4 atom stereocenters. The number of nitrogens with one attached hydrogen (secondary N) is 3. The molecular weight excluding hydrogens is 486 g/mol. The second-order valence-corrected chi connectivity index (χ2v) is 10.5. The third kappa shape index (κ3) is 10.0. The number of carbonyl (C=O) groups excluding carboxylic acids is 5. The number of halogens is 1. The van der Waals surface area contributed by atoms with E-state index in [1.807, 2.05) is 27.7 Å². The summed E-state index contributed by atoms with van der Waals surface area (Å²) < 4.78 is 0. The number of hydrogen-bond acceptors (Lipinski definition) is 6. The number of nitrogens with zero attached hydrogens (tertiary/aromatic N) is 1. The molecule has 4 amide bonds. The van der Waals surface area contributed by atoms with Gasteiger partial charge in [0.2, 0.25) is 23.6 Å². The number of alkyl halides is 1. The third-order valence-corrected chi connectivity index (χ3v) is 6.52. The van der Waals surface area contributed by atoms with E-state index >= 15 is 0 Å².